The lowest BCUT2D eigenvalue weighted by atomic mass is 10.1. The van der Waals surface area contributed by atoms with Crippen LogP contribution in [0.25, 0.3) is 88.7 Å². The first kappa shape index (κ1) is 28.3. The van der Waals surface area contributed by atoms with Crippen LogP contribution in [0.1, 0.15) is 0 Å². The second kappa shape index (κ2) is 11.4. The van der Waals surface area contributed by atoms with E-state index in [1.165, 1.54) is 32.6 Å². The van der Waals surface area contributed by atoms with E-state index in [4.69, 9.17) is 9.97 Å². The van der Waals surface area contributed by atoms with Crippen LogP contribution in [0.5, 0.6) is 0 Å². The summed E-state index contributed by atoms with van der Waals surface area (Å²) >= 11 is 0. The van der Waals surface area contributed by atoms with Crippen molar-refractivity contribution in [3.63, 3.8) is 0 Å². The first-order valence-corrected chi connectivity index (χ1v) is 16.9. The molecule has 4 heteroatoms. The molecule has 0 atom stereocenters. The lowest BCUT2D eigenvalue weighted by Gasteiger charge is -2.17. The van der Waals surface area contributed by atoms with Gasteiger partial charge in [-0.1, -0.05) is 127 Å². The first-order valence-electron chi connectivity index (χ1n) is 16.9. The van der Waals surface area contributed by atoms with Gasteiger partial charge in [0.05, 0.1) is 39.0 Å². The van der Waals surface area contributed by atoms with Crippen LogP contribution in [0.3, 0.4) is 0 Å². The summed E-state index contributed by atoms with van der Waals surface area (Å²) in [5, 5.41) is 4.91. The Labute approximate surface area is 288 Å². The Morgan fingerprint density at radius 1 is 0.340 bits per heavy atom. The molecule has 0 aliphatic rings. The molecule has 0 aliphatic carbocycles. The number of benzene rings is 7. The van der Waals surface area contributed by atoms with Crippen molar-refractivity contribution in [2.75, 3.05) is 0 Å². The molecule has 0 N–H and O–H groups in total. The monoisotopic (exact) mass is 638 g/mol. The van der Waals surface area contributed by atoms with Crippen LogP contribution in [-0.4, -0.2) is 18.9 Å². The molecule has 234 valence electrons. The number of rotatable bonds is 4. The molecule has 4 nitrogen and oxygen atoms in total. The molecule has 0 saturated carbocycles. The fraction of sp³-hybridized carbons (Fsp3) is 0. The van der Waals surface area contributed by atoms with Crippen LogP contribution in [0.15, 0.2) is 182 Å². The zero-order valence-electron chi connectivity index (χ0n) is 27.1. The van der Waals surface area contributed by atoms with Gasteiger partial charge in [0.1, 0.15) is 0 Å². The number of aromatic nitrogens is 4. The molecule has 7 aromatic carbocycles. The molecule has 10 aromatic rings. The van der Waals surface area contributed by atoms with Crippen LogP contribution < -0.4 is 0 Å². The van der Waals surface area contributed by atoms with E-state index >= 15 is 0 Å². The number of hydrogen-bond donors (Lipinski definition) is 0. The SMILES string of the molecule is c1ccc(-c2cc(-c3ccccc3)nc(-c3ccc(-n4c5ccccc5c5cccc6c7ccccc7n(c7ccccc74)c56)cc3)n2)cc1. The molecular weight excluding hydrogens is 609 g/mol. The van der Waals surface area contributed by atoms with Crippen molar-refractivity contribution in [2.45, 2.75) is 0 Å². The molecule has 0 saturated heterocycles. The molecule has 0 unspecified atom stereocenters. The summed E-state index contributed by atoms with van der Waals surface area (Å²) in [6.07, 6.45) is 0. The van der Waals surface area contributed by atoms with Crippen LogP contribution in [0.2, 0.25) is 0 Å². The van der Waals surface area contributed by atoms with Gasteiger partial charge in [0.15, 0.2) is 5.82 Å². The van der Waals surface area contributed by atoms with Crippen molar-refractivity contribution in [1.29, 1.82) is 0 Å². The van der Waals surface area contributed by atoms with E-state index in [-0.39, 0.29) is 0 Å². The fourth-order valence-corrected chi connectivity index (χ4v) is 7.48. The van der Waals surface area contributed by atoms with Crippen molar-refractivity contribution in [1.82, 2.24) is 18.9 Å². The number of nitrogens with zero attached hydrogens (tertiary/aromatic N) is 4. The molecule has 50 heavy (non-hydrogen) atoms. The van der Waals surface area contributed by atoms with Crippen molar-refractivity contribution in [3.05, 3.63) is 182 Å². The second-order valence-corrected chi connectivity index (χ2v) is 12.6. The van der Waals surface area contributed by atoms with E-state index < -0.39 is 0 Å². The Kier molecular flexibility index (Phi) is 6.46. The van der Waals surface area contributed by atoms with Crippen molar-refractivity contribution >= 4 is 49.1 Å². The third-order valence-corrected chi connectivity index (χ3v) is 9.74. The minimum absolute atomic E-state index is 0.695. The quantitative estimate of drug-likeness (QED) is 0.192. The molecule has 0 amide bonds. The number of hydrogen-bond acceptors (Lipinski definition) is 2. The van der Waals surface area contributed by atoms with Gasteiger partial charge in [0.2, 0.25) is 0 Å². The molecule has 0 bridgehead atoms. The summed E-state index contributed by atoms with van der Waals surface area (Å²) in [6, 6.07) is 64.3. The Morgan fingerprint density at radius 3 is 1.44 bits per heavy atom. The maximum absolute atomic E-state index is 5.08. The van der Waals surface area contributed by atoms with Gasteiger partial charge in [0, 0.05) is 43.9 Å². The normalized spacial score (nSPS) is 11.6. The minimum Gasteiger partial charge on any atom is -0.308 e. The Balaban J connectivity index is 1.24. The third-order valence-electron chi connectivity index (χ3n) is 9.74. The van der Waals surface area contributed by atoms with E-state index in [1.54, 1.807) is 0 Å². The topological polar surface area (TPSA) is 35.1 Å². The fourth-order valence-electron chi connectivity index (χ4n) is 7.48. The van der Waals surface area contributed by atoms with Gasteiger partial charge in [-0.05, 0) is 54.6 Å². The van der Waals surface area contributed by atoms with Crippen molar-refractivity contribution in [2.24, 2.45) is 0 Å². The van der Waals surface area contributed by atoms with Gasteiger partial charge >= 0.3 is 0 Å². The van der Waals surface area contributed by atoms with E-state index in [2.05, 4.69) is 155 Å². The average Bonchev–Trinajstić information content (AvgIpc) is 3.53. The molecule has 0 spiro atoms. The third kappa shape index (κ3) is 4.46. The summed E-state index contributed by atoms with van der Waals surface area (Å²) in [6.45, 7) is 0. The Morgan fingerprint density at radius 2 is 0.820 bits per heavy atom. The van der Waals surface area contributed by atoms with Crippen LogP contribution in [0.4, 0.5) is 0 Å². The van der Waals surface area contributed by atoms with Crippen molar-refractivity contribution < 1.29 is 0 Å². The first-order chi connectivity index (χ1) is 24.8. The standard InChI is InChI=1S/C46H30N4/c1-3-14-31(15-4-1)39-30-40(32-16-5-2-6-17-32)48-46(47-39)33-26-28-34(29-27-33)49-41-22-9-7-18-35(41)37-20-13-21-38-36-19-8-10-23-42(36)50(45(37)38)44-25-12-11-24-43(44)49/h1-30H. The molecular formula is C46H30N4. The highest BCUT2D eigenvalue weighted by atomic mass is 15.0. The zero-order valence-corrected chi connectivity index (χ0v) is 27.1. The molecule has 0 aliphatic heterocycles. The van der Waals surface area contributed by atoms with E-state index in [9.17, 15) is 0 Å². The molecule has 3 heterocycles. The van der Waals surface area contributed by atoms with E-state index in [0.717, 1.165) is 50.3 Å². The van der Waals surface area contributed by atoms with Crippen LogP contribution >= 0.6 is 0 Å². The van der Waals surface area contributed by atoms with E-state index in [0.29, 0.717) is 5.82 Å². The maximum Gasteiger partial charge on any atom is 0.160 e. The number of para-hydroxylation sites is 5. The molecule has 0 fully saturated rings. The summed E-state index contributed by atoms with van der Waals surface area (Å²) in [4.78, 5) is 10.2. The second-order valence-electron chi connectivity index (χ2n) is 12.6. The van der Waals surface area contributed by atoms with Gasteiger partial charge in [0.25, 0.3) is 0 Å². The molecule has 10 rings (SSSR count). The lowest BCUT2D eigenvalue weighted by Crippen LogP contribution is -2.01. The van der Waals surface area contributed by atoms with Gasteiger partial charge in [-0.3, -0.25) is 0 Å². The van der Waals surface area contributed by atoms with Gasteiger partial charge in [-0.2, -0.15) is 0 Å². The smallest absolute Gasteiger partial charge is 0.160 e. The summed E-state index contributed by atoms with van der Waals surface area (Å²) < 4.78 is 4.84. The minimum atomic E-state index is 0.695. The molecule has 0 radical (unpaired) electrons. The molecule has 3 aromatic heterocycles. The summed E-state index contributed by atoms with van der Waals surface area (Å²) in [5.41, 5.74) is 11.7. The predicted octanol–water partition coefficient (Wildman–Crippen LogP) is 11.7. The zero-order chi connectivity index (χ0) is 33.0. The summed E-state index contributed by atoms with van der Waals surface area (Å²) in [5.74, 6) is 0.695. The lowest BCUT2D eigenvalue weighted by molar-refractivity contribution is 1.15. The highest BCUT2D eigenvalue weighted by molar-refractivity contribution is 6.20. The maximum atomic E-state index is 5.08. The Bertz CT molecular complexity index is 2840. The van der Waals surface area contributed by atoms with Gasteiger partial charge < -0.3 is 8.97 Å². The van der Waals surface area contributed by atoms with Gasteiger partial charge in [-0.15, -0.1) is 0 Å². The largest absolute Gasteiger partial charge is 0.308 e. The van der Waals surface area contributed by atoms with Crippen molar-refractivity contribution in [3.8, 4) is 39.6 Å². The predicted molar refractivity (Wildman–Crippen MR) is 207 cm³/mol. The highest BCUT2D eigenvalue weighted by Crippen LogP contribution is 2.37. The van der Waals surface area contributed by atoms with Crippen LogP contribution in [-0.2, 0) is 0 Å². The number of fused-ring (bicyclic) bond motifs is 7. The average molecular weight is 639 g/mol. The van der Waals surface area contributed by atoms with E-state index in [1.807, 2.05) is 36.4 Å². The Hall–Kier alpha value is -6.78. The summed E-state index contributed by atoms with van der Waals surface area (Å²) in [7, 11) is 0. The highest BCUT2D eigenvalue weighted by Gasteiger charge is 2.17. The van der Waals surface area contributed by atoms with Gasteiger partial charge in [-0.25, -0.2) is 9.97 Å². The van der Waals surface area contributed by atoms with Crippen LogP contribution in [0, 0.1) is 0 Å².